The molecule has 1 aromatic carbocycles. The van der Waals surface area contributed by atoms with Crippen LogP contribution in [0.2, 0.25) is 0 Å². The van der Waals surface area contributed by atoms with Crippen molar-refractivity contribution in [3.8, 4) is 0 Å². The molecule has 31 heavy (non-hydrogen) atoms. The minimum Gasteiger partial charge on any atom is -0.353 e. The van der Waals surface area contributed by atoms with E-state index in [9.17, 15) is 13.2 Å². The zero-order valence-electron chi connectivity index (χ0n) is 19.2. The van der Waals surface area contributed by atoms with Crippen LogP contribution in [0.4, 0.5) is 0 Å². The standard InChI is InChI=1S/C23H34N4O3S/c1-16(2)15-27-19(5)22(18(4)25-27)14-23(28)24-20-10-12-26(13-11-20)31(29,30)21-8-6-17(3)7-9-21/h6-9,16,20H,10-15H2,1-5H3,(H,24,28). The maximum Gasteiger partial charge on any atom is 0.243 e. The molecule has 1 aliphatic heterocycles. The summed E-state index contributed by atoms with van der Waals surface area (Å²) in [4.78, 5) is 13.0. The average molecular weight is 447 g/mol. The fourth-order valence-corrected chi connectivity index (χ4v) is 5.52. The molecule has 7 nitrogen and oxygen atoms in total. The normalized spacial score (nSPS) is 16.1. The van der Waals surface area contributed by atoms with Crippen LogP contribution >= 0.6 is 0 Å². The molecule has 1 N–H and O–H groups in total. The van der Waals surface area contributed by atoms with Gasteiger partial charge in [0, 0.05) is 36.9 Å². The Morgan fingerprint density at radius 3 is 2.32 bits per heavy atom. The number of rotatable bonds is 7. The number of nitrogens with zero attached hydrogens (tertiary/aromatic N) is 3. The van der Waals surface area contributed by atoms with E-state index in [1.807, 2.05) is 37.6 Å². The zero-order chi connectivity index (χ0) is 22.8. The van der Waals surface area contributed by atoms with Crippen LogP contribution in [0.5, 0.6) is 0 Å². The molecule has 0 atom stereocenters. The predicted molar refractivity (Wildman–Crippen MR) is 121 cm³/mol. The number of benzene rings is 1. The van der Waals surface area contributed by atoms with Crippen molar-refractivity contribution >= 4 is 15.9 Å². The topological polar surface area (TPSA) is 84.3 Å². The molecule has 2 aromatic rings. The van der Waals surface area contributed by atoms with Crippen LogP contribution in [0.15, 0.2) is 29.2 Å². The highest BCUT2D eigenvalue weighted by atomic mass is 32.2. The summed E-state index contributed by atoms with van der Waals surface area (Å²) in [6.45, 7) is 11.8. The van der Waals surface area contributed by atoms with Gasteiger partial charge in [0.2, 0.25) is 15.9 Å². The molecular weight excluding hydrogens is 412 g/mol. The Kier molecular flexibility index (Phi) is 7.21. The highest BCUT2D eigenvalue weighted by Gasteiger charge is 2.30. The van der Waals surface area contributed by atoms with Crippen LogP contribution in [0.1, 0.15) is 49.2 Å². The fraction of sp³-hybridized carbons (Fsp3) is 0.565. The van der Waals surface area contributed by atoms with Crippen molar-refractivity contribution in [2.24, 2.45) is 5.92 Å². The van der Waals surface area contributed by atoms with Crippen LogP contribution in [-0.4, -0.2) is 47.5 Å². The van der Waals surface area contributed by atoms with Crippen LogP contribution < -0.4 is 5.32 Å². The number of piperidine rings is 1. The molecule has 1 fully saturated rings. The second-order valence-electron chi connectivity index (χ2n) is 8.96. The van der Waals surface area contributed by atoms with E-state index in [4.69, 9.17) is 0 Å². The van der Waals surface area contributed by atoms with Crippen molar-refractivity contribution in [2.75, 3.05) is 13.1 Å². The number of aromatic nitrogens is 2. The van der Waals surface area contributed by atoms with Gasteiger partial charge in [0.1, 0.15) is 0 Å². The van der Waals surface area contributed by atoms with Gasteiger partial charge < -0.3 is 5.32 Å². The summed E-state index contributed by atoms with van der Waals surface area (Å²) < 4.78 is 29.2. The van der Waals surface area contributed by atoms with E-state index in [-0.39, 0.29) is 11.9 Å². The number of hydrogen-bond donors (Lipinski definition) is 1. The molecule has 0 saturated carbocycles. The van der Waals surface area contributed by atoms with Gasteiger partial charge in [-0.2, -0.15) is 9.40 Å². The summed E-state index contributed by atoms with van der Waals surface area (Å²) in [6.07, 6.45) is 1.53. The summed E-state index contributed by atoms with van der Waals surface area (Å²) in [5.74, 6) is 0.455. The molecule has 0 bridgehead atoms. The minimum absolute atomic E-state index is 0.0108. The predicted octanol–water partition coefficient (Wildman–Crippen LogP) is 2.98. The minimum atomic E-state index is -3.49. The highest BCUT2D eigenvalue weighted by molar-refractivity contribution is 7.89. The van der Waals surface area contributed by atoms with E-state index in [0.29, 0.717) is 43.2 Å². The van der Waals surface area contributed by atoms with Crippen molar-refractivity contribution in [3.05, 3.63) is 46.8 Å². The van der Waals surface area contributed by atoms with Crippen molar-refractivity contribution < 1.29 is 13.2 Å². The van der Waals surface area contributed by atoms with E-state index in [2.05, 4.69) is 24.3 Å². The van der Waals surface area contributed by atoms with Gasteiger partial charge in [-0.25, -0.2) is 8.42 Å². The number of nitrogens with one attached hydrogen (secondary N) is 1. The maximum atomic E-state index is 12.9. The lowest BCUT2D eigenvalue weighted by molar-refractivity contribution is -0.121. The molecule has 2 heterocycles. The summed E-state index contributed by atoms with van der Waals surface area (Å²) in [6, 6.07) is 6.93. The first kappa shape index (κ1) is 23.5. The number of carbonyl (C=O) groups excluding carboxylic acids is 1. The molecular formula is C23H34N4O3S. The lowest BCUT2D eigenvalue weighted by atomic mass is 10.1. The molecule has 1 saturated heterocycles. The van der Waals surface area contributed by atoms with E-state index < -0.39 is 10.0 Å². The number of aryl methyl sites for hydroxylation is 2. The second-order valence-corrected chi connectivity index (χ2v) is 10.9. The summed E-state index contributed by atoms with van der Waals surface area (Å²) >= 11 is 0. The van der Waals surface area contributed by atoms with E-state index in [1.165, 1.54) is 4.31 Å². The molecule has 1 amide bonds. The Labute approximate surface area is 185 Å². The largest absolute Gasteiger partial charge is 0.353 e. The van der Waals surface area contributed by atoms with Crippen molar-refractivity contribution in [1.82, 2.24) is 19.4 Å². The third-order valence-electron chi connectivity index (χ3n) is 5.88. The van der Waals surface area contributed by atoms with Gasteiger partial charge in [0.05, 0.1) is 17.0 Å². The fourth-order valence-electron chi connectivity index (χ4n) is 4.05. The highest BCUT2D eigenvalue weighted by Crippen LogP contribution is 2.22. The Balaban J connectivity index is 1.56. The molecule has 8 heteroatoms. The van der Waals surface area contributed by atoms with E-state index in [0.717, 1.165) is 29.1 Å². The van der Waals surface area contributed by atoms with Crippen molar-refractivity contribution in [1.29, 1.82) is 0 Å². The van der Waals surface area contributed by atoms with Crippen molar-refractivity contribution in [3.63, 3.8) is 0 Å². The first-order valence-corrected chi connectivity index (χ1v) is 12.4. The van der Waals surface area contributed by atoms with Gasteiger partial charge in [0.15, 0.2) is 0 Å². The number of sulfonamides is 1. The van der Waals surface area contributed by atoms with E-state index >= 15 is 0 Å². The zero-order valence-corrected chi connectivity index (χ0v) is 20.0. The first-order valence-electron chi connectivity index (χ1n) is 11.0. The average Bonchev–Trinajstić information content (AvgIpc) is 2.95. The Morgan fingerprint density at radius 2 is 1.74 bits per heavy atom. The molecule has 0 spiro atoms. The Morgan fingerprint density at radius 1 is 1.13 bits per heavy atom. The lowest BCUT2D eigenvalue weighted by Crippen LogP contribution is -2.46. The molecule has 1 aromatic heterocycles. The smallest absolute Gasteiger partial charge is 0.243 e. The van der Waals surface area contributed by atoms with Gasteiger partial charge >= 0.3 is 0 Å². The third-order valence-corrected chi connectivity index (χ3v) is 7.80. The van der Waals surface area contributed by atoms with Gasteiger partial charge in [-0.15, -0.1) is 0 Å². The summed E-state index contributed by atoms with van der Waals surface area (Å²) in [7, 11) is -3.49. The van der Waals surface area contributed by atoms with Gasteiger partial charge in [-0.1, -0.05) is 31.5 Å². The van der Waals surface area contributed by atoms with Crippen molar-refractivity contribution in [2.45, 2.75) is 71.4 Å². The van der Waals surface area contributed by atoms with Gasteiger partial charge in [-0.3, -0.25) is 9.48 Å². The lowest BCUT2D eigenvalue weighted by Gasteiger charge is -2.31. The van der Waals surface area contributed by atoms with Crippen LogP contribution in [0.3, 0.4) is 0 Å². The molecule has 170 valence electrons. The van der Waals surface area contributed by atoms with Crippen LogP contribution in [-0.2, 0) is 27.8 Å². The summed E-state index contributed by atoms with van der Waals surface area (Å²) in [5.41, 5.74) is 3.95. The summed E-state index contributed by atoms with van der Waals surface area (Å²) in [5, 5.41) is 7.68. The SMILES string of the molecule is Cc1ccc(S(=O)(=O)N2CCC(NC(=O)Cc3c(C)nn(CC(C)C)c3C)CC2)cc1. The molecule has 0 radical (unpaired) electrons. The third kappa shape index (κ3) is 5.54. The molecule has 0 aliphatic carbocycles. The Hall–Kier alpha value is -2.19. The number of amides is 1. The number of carbonyl (C=O) groups is 1. The van der Waals surface area contributed by atoms with Gasteiger partial charge in [-0.05, 0) is 51.7 Å². The number of hydrogen-bond acceptors (Lipinski definition) is 4. The molecule has 0 unspecified atom stereocenters. The molecule has 3 rings (SSSR count). The first-order chi connectivity index (χ1) is 14.6. The van der Waals surface area contributed by atoms with Crippen LogP contribution in [0.25, 0.3) is 0 Å². The monoisotopic (exact) mass is 446 g/mol. The second kappa shape index (κ2) is 9.53. The maximum absolute atomic E-state index is 12.9. The Bertz CT molecular complexity index is 1020. The molecule has 1 aliphatic rings. The van der Waals surface area contributed by atoms with E-state index in [1.54, 1.807) is 12.1 Å². The van der Waals surface area contributed by atoms with Gasteiger partial charge in [0.25, 0.3) is 0 Å². The quantitative estimate of drug-likeness (QED) is 0.709. The van der Waals surface area contributed by atoms with Crippen LogP contribution in [0, 0.1) is 26.7 Å².